The van der Waals surface area contributed by atoms with Gasteiger partial charge in [-0.25, -0.2) is 0 Å². The average molecular weight is 235 g/mol. The van der Waals surface area contributed by atoms with Gasteiger partial charge in [0.1, 0.15) is 0 Å². The normalized spacial score (nSPS) is 12.1. The first-order valence-corrected chi connectivity index (χ1v) is 6.00. The quantitative estimate of drug-likeness (QED) is 0.343. The topological polar surface area (TPSA) is 61.8 Å². The molecule has 0 radical (unpaired) electrons. The molecule has 0 aromatic heterocycles. The minimum Gasteiger partial charge on any atom is -0.409 e. The molecule has 0 bridgehead atoms. The number of amidine groups is 1. The molecule has 3 N–H and O–H groups in total. The van der Waals surface area contributed by atoms with Crippen LogP contribution in [0, 0.1) is 0 Å². The third kappa shape index (κ3) is 4.07. The molecular formula is C13H21N3O. The Morgan fingerprint density at radius 3 is 2.41 bits per heavy atom. The van der Waals surface area contributed by atoms with E-state index in [0.717, 1.165) is 31.6 Å². The second-order valence-corrected chi connectivity index (χ2v) is 4.05. The number of hydrogen-bond acceptors (Lipinski definition) is 3. The van der Waals surface area contributed by atoms with Crippen molar-refractivity contribution in [3.63, 3.8) is 0 Å². The smallest absolute Gasteiger partial charge is 0.170 e. The number of hydrogen-bond donors (Lipinski definition) is 2. The lowest BCUT2D eigenvalue weighted by molar-refractivity contribution is 0.280. The van der Waals surface area contributed by atoms with E-state index in [1.165, 1.54) is 5.56 Å². The fourth-order valence-electron chi connectivity index (χ4n) is 1.76. The maximum atomic E-state index is 8.57. The van der Waals surface area contributed by atoms with Crippen molar-refractivity contribution >= 4 is 5.84 Å². The molecule has 0 spiro atoms. The van der Waals surface area contributed by atoms with Crippen LogP contribution in [0.25, 0.3) is 0 Å². The molecule has 94 valence electrons. The fraction of sp³-hybridized carbons (Fsp3) is 0.462. The van der Waals surface area contributed by atoms with Crippen molar-refractivity contribution in [3.05, 3.63) is 35.4 Å². The second-order valence-electron chi connectivity index (χ2n) is 4.05. The first-order chi connectivity index (χ1) is 8.21. The molecule has 0 saturated heterocycles. The molecule has 4 heteroatoms. The Morgan fingerprint density at radius 1 is 1.29 bits per heavy atom. The molecule has 4 nitrogen and oxygen atoms in total. The Morgan fingerprint density at radius 2 is 1.94 bits per heavy atom. The summed E-state index contributed by atoms with van der Waals surface area (Å²) in [5.74, 6) is 0.150. The lowest BCUT2D eigenvalue weighted by atomic mass is 10.1. The number of rotatable bonds is 6. The molecule has 0 amide bonds. The van der Waals surface area contributed by atoms with Crippen LogP contribution < -0.4 is 5.73 Å². The summed E-state index contributed by atoms with van der Waals surface area (Å²) < 4.78 is 0. The van der Waals surface area contributed by atoms with Gasteiger partial charge in [-0.1, -0.05) is 43.3 Å². The van der Waals surface area contributed by atoms with Gasteiger partial charge in [-0.15, -0.1) is 0 Å². The third-order valence-corrected chi connectivity index (χ3v) is 2.75. The number of nitrogens with zero attached hydrogens (tertiary/aromatic N) is 2. The molecule has 0 saturated carbocycles. The van der Waals surface area contributed by atoms with Crippen molar-refractivity contribution in [2.45, 2.75) is 26.8 Å². The molecule has 0 aliphatic carbocycles. The van der Waals surface area contributed by atoms with Gasteiger partial charge in [0.2, 0.25) is 0 Å². The van der Waals surface area contributed by atoms with Gasteiger partial charge in [0.05, 0.1) is 0 Å². The van der Waals surface area contributed by atoms with Crippen LogP contribution in [-0.4, -0.2) is 29.0 Å². The average Bonchev–Trinajstić information content (AvgIpc) is 2.38. The zero-order valence-corrected chi connectivity index (χ0v) is 10.6. The largest absolute Gasteiger partial charge is 0.409 e. The summed E-state index contributed by atoms with van der Waals surface area (Å²) in [6, 6.07) is 7.80. The Hall–Kier alpha value is -1.55. The predicted molar refractivity (Wildman–Crippen MR) is 70.2 cm³/mol. The van der Waals surface area contributed by atoms with Gasteiger partial charge in [0.15, 0.2) is 5.84 Å². The van der Waals surface area contributed by atoms with E-state index in [-0.39, 0.29) is 5.84 Å². The Kier molecular flexibility index (Phi) is 5.49. The molecule has 0 aliphatic rings. The van der Waals surface area contributed by atoms with E-state index in [1.807, 2.05) is 24.3 Å². The molecule has 0 atom stereocenters. The summed E-state index contributed by atoms with van der Waals surface area (Å²) >= 11 is 0. The maximum absolute atomic E-state index is 8.57. The molecule has 1 aromatic carbocycles. The zero-order valence-electron chi connectivity index (χ0n) is 10.6. The minimum atomic E-state index is 0.150. The second kappa shape index (κ2) is 6.91. The van der Waals surface area contributed by atoms with Crippen molar-refractivity contribution in [1.82, 2.24) is 4.90 Å². The van der Waals surface area contributed by atoms with Gasteiger partial charge in [-0.3, -0.25) is 4.90 Å². The van der Waals surface area contributed by atoms with E-state index in [4.69, 9.17) is 10.9 Å². The maximum Gasteiger partial charge on any atom is 0.170 e. The highest BCUT2D eigenvalue weighted by atomic mass is 16.4. The van der Waals surface area contributed by atoms with Crippen molar-refractivity contribution < 1.29 is 5.21 Å². The molecule has 0 unspecified atom stereocenters. The number of benzene rings is 1. The Balaban J connectivity index is 2.67. The Labute approximate surface area is 103 Å². The van der Waals surface area contributed by atoms with Crippen LogP contribution in [0.5, 0.6) is 0 Å². The van der Waals surface area contributed by atoms with E-state index in [1.54, 1.807) is 0 Å². The van der Waals surface area contributed by atoms with Crippen molar-refractivity contribution in [1.29, 1.82) is 0 Å². The molecule has 17 heavy (non-hydrogen) atoms. The van der Waals surface area contributed by atoms with E-state index >= 15 is 0 Å². The summed E-state index contributed by atoms with van der Waals surface area (Å²) in [7, 11) is 0. The first kappa shape index (κ1) is 13.5. The molecular weight excluding hydrogens is 214 g/mol. The summed E-state index contributed by atoms with van der Waals surface area (Å²) in [5, 5.41) is 11.5. The van der Waals surface area contributed by atoms with Crippen LogP contribution in [0.3, 0.4) is 0 Å². The van der Waals surface area contributed by atoms with E-state index in [2.05, 4.69) is 23.9 Å². The van der Waals surface area contributed by atoms with Crippen LogP contribution in [0.15, 0.2) is 29.4 Å². The molecule has 0 aliphatic heterocycles. The van der Waals surface area contributed by atoms with Crippen LogP contribution >= 0.6 is 0 Å². The van der Waals surface area contributed by atoms with Crippen molar-refractivity contribution in [2.75, 3.05) is 13.1 Å². The van der Waals surface area contributed by atoms with Crippen LogP contribution in [0.4, 0.5) is 0 Å². The third-order valence-electron chi connectivity index (χ3n) is 2.75. The van der Waals surface area contributed by atoms with E-state index in [0.29, 0.717) is 0 Å². The van der Waals surface area contributed by atoms with Crippen molar-refractivity contribution in [2.24, 2.45) is 10.9 Å². The van der Waals surface area contributed by atoms with Crippen molar-refractivity contribution in [3.8, 4) is 0 Å². The standard InChI is InChI=1S/C13H21N3O/c1-3-9-16(4-2)10-11-5-7-12(8-6-11)13(14)15-17/h5-8,17H,3-4,9-10H2,1-2H3,(H2,14,15). The van der Waals surface area contributed by atoms with Crippen LogP contribution in [0.1, 0.15) is 31.4 Å². The molecule has 1 rings (SSSR count). The predicted octanol–water partition coefficient (Wildman–Crippen LogP) is 2.01. The molecule has 0 heterocycles. The Bertz CT molecular complexity index is 359. The number of nitrogens with two attached hydrogens (primary N) is 1. The first-order valence-electron chi connectivity index (χ1n) is 6.00. The summed E-state index contributed by atoms with van der Waals surface area (Å²) in [5.41, 5.74) is 7.50. The molecule has 0 fully saturated rings. The van der Waals surface area contributed by atoms with Gasteiger partial charge in [0.25, 0.3) is 0 Å². The van der Waals surface area contributed by atoms with Gasteiger partial charge in [-0.05, 0) is 25.1 Å². The van der Waals surface area contributed by atoms with Crippen LogP contribution in [-0.2, 0) is 6.54 Å². The number of oxime groups is 1. The van der Waals surface area contributed by atoms with Gasteiger partial charge in [0, 0.05) is 12.1 Å². The minimum absolute atomic E-state index is 0.150. The van der Waals surface area contributed by atoms with Crippen LogP contribution in [0.2, 0.25) is 0 Å². The van der Waals surface area contributed by atoms with Gasteiger partial charge in [-0.2, -0.15) is 0 Å². The summed E-state index contributed by atoms with van der Waals surface area (Å²) in [6.07, 6.45) is 1.16. The van der Waals surface area contributed by atoms with E-state index in [9.17, 15) is 0 Å². The zero-order chi connectivity index (χ0) is 12.7. The lowest BCUT2D eigenvalue weighted by Crippen LogP contribution is -2.23. The highest BCUT2D eigenvalue weighted by Crippen LogP contribution is 2.08. The SMILES string of the molecule is CCCN(CC)Cc1ccc(/C(N)=N/O)cc1. The fourth-order valence-corrected chi connectivity index (χ4v) is 1.76. The monoisotopic (exact) mass is 235 g/mol. The summed E-state index contributed by atoms with van der Waals surface area (Å²) in [6.45, 7) is 7.46. The summed E-state index contributed by atoms with van der Waals surface area (Å²) in [4.78, 5) is 2.39. The van der Waals surface area contributed by atoms with Gasteiger partial charge >= 0.3 is 0 Å². The highest BCUT2D eigenvalue weighted by Gasteiger charge is 2.03. The van der Waals surface area contributed by atoms with E-state index < -0.39 is 0 Å². The highest BCUT2D eigenvalue weighted by molar-refractivity contribution is 5.96. The lowest BCUT2D eigenvalue weighted by Gasteiger charge is -2.19. The molecule has 1 aromatic rings. The van der Waals surface area contributed by atoms with Gasteiger partial charge < -0.3 is 10.9 Å².